The molecule has 1 rings (SSSR count). The number of unbranched alkanes of at least 4 members (excludes halogenated alkanes) is 12. The fourth-order valence-electron chi connectivity index (χ4n) is 5.10. The van der Waals surface area contributed by atoms with Crippen molar-refractivity contribution < 1.29 is 39.0 Å². The van der Waals surface area contributed by atoms with Gasteiger partial charge in [-0.1, -0.05) is 84.0 Å². The van der Waals surface area contributed by atoms with Gasteiger partial charge < -0.3 is 42.2 Å². The molecule has 0 saturated carbocycles. The minimum Gasteiger partial charge on any atom is -0.480 e. The summed E-state index contributed by atoms with van der Waals surface area (Å²) in [7, 11) is 0. The Morgan fingerprint density at radius 1 is 0.792 bits per heavy atom. The second-order valence-corrected chi connectivity index (χ2v) is 12.3. The smallest absolute Gasteiger partial charge is 0.326 e. The van der Waals surface area contributed by atoms with E-state index in [1.807, 2.05) is 0 Å². The van der Waals surface area contributed by atoms with Crippen LogP contribution in [-0.2, 0) is 35.2 Å². The van der Waals surface area contributed by atoms with Gasteiger partial charge in [0, 0.05) is 25.5 Å². The Morgan fingerprint density at radius 3 is 1.85 bits per heavy atom. The van der Waals surface area contributed by atoms with E-state index in [1.165, 1.54) is 77.2 Å². The van der Waals surface area contributed by atoms with Crippen LogP contribution >= 0.6 is 0 Å². The molecule has 9 N–H and O–H groups in total. The van der Waals surface area contributed by atoms with Crippen LogP contribution in [0.1, 0.15) is 122 Å². The lowest BCUT2D eigenvalue weighted by Crippen LogP contribution is -2.59. The van der Waals surface area contributed by atoms with Gasteiger partial charge in [0.15, 0.2) is 0 Å². The predicted octanol–water partition coefficient (Wildman–Crippen LogP) is 1.74. The number of carboxylic acid groups (broad SMARTS) is 1. The first-order valence-electron chi connectivity index (χ1n) is 17.3. The van der Waals surface area contributed by atoms with Gasteiger partial charge in [0.1, 0.15) is 18.1 Å². The molecule has 1 aromatic heterocycles. The van der Waals surface area contributed by atoms with E-state index >= 15 is 0 Å². The van der Waals surface area contributed by atoms with Gasteiger partial charge in [-0.05, 0) is 19.8 Å². The van der Waals surface area contributed by atoms with Crippen molar-refractivity contribution in [1.29, 1.82) is 0 Å². The fourth-order valence-corrected chi connectivity index (χ4v) is 5.10. The zero-order valence-corrected chi connectivity index (χ0v) is 28.6. The molecule has 0 saturated heterocycles. The number of aromatic nitrogens is 2. The van der Waals surface area contributed by atoms with E-state index in [-0.39, 0.29) is 31.6 Å². The van der Waals surface area contributed by atoms with Crippen molar-refractivity contribution in [1.82, 2.24) is 31.2 Å². The zero-order chi connectivity index (χ0) is 35.7. The Hall–Kier alpha value is -4.01. The lowest BCUT2D eigenvalue weighted by Gasteiger charge is -2.25. The molecule has 5 amide bonds. The van der Waals surface area contributed by atoms with Crippen LogP contribution in [0.4, 0.5) is 0 Å². The summed E-state index contributed by atoms with van der Waals surface area (Å²) < 4.78 is 0. The van der Waals surface area contributed by atoms with Crippen molar-refractivity contribution in [2.24, 2.45) is 5.73 Å². The maximum absolute atomic E-state index is 13.0. The number of primary amides is 1. The molecule has 0 aliphatic rings. The quantitative estimate of drug-likeness (QED) is 0.0600. The van der Waals surface area contributed by atoms with E-state index in [2.05, 4.69) is 38.2 Å². The number of rotatable bonds is 28. The average molecular weight is 680 g/mol. The Labute approximate surface area is 283 Å². The third-order valence-electron chi connectivity index (χ3n) is 7.93. The number of carboxylic acids is 1. The number of H-pyrrole nitrogens is 1. The number of hydrogen-bond acceptors (Lipinski definition) is 8. The average Bonchev–Trinajstić information content (AvgIpc) is 3.55. The summed E-state index contributed by atoms with van der Waals surface area (Å²) in [6.45, 7) is 3.05. The van der Waals surface area contributed by atoms with Gasteiger partial charge in [0.25, 0.3) is 0 Å². The molecule has 0 unspecified atom stereocenters. The van der Waals surface area contributed by atoms with E-state index in [1.54, 1.807) is 0 Å². The molecule has 0 aliphatic carbocycles. The second kappa shape index (κ2) is 25.1. The van der Waals surface area contributed by atoms with Crippen LogP contribution < -0.4 is 27.0 Å². The summed E-state index contributed by atoms with van der Waals surface area (Å²) >= 11 is 0. The second-order valence-electron chi connectivity index (χ2n) is 12.3. The number of imidazole rings is 1. The first kappa shape index (κ1) is 42.0. The molecule has 272 valence electrons. The monoisotopic (exact) mass is 679 g/mol. The highest BCUT2D eigenvalue weighted by atomic mass is 16.4. The van der Waals surface area contributed by atoms with Crippen molar-refractivity contribution >= 4 is 35.5 Å². The largest absolute Gasteiger partial charge is 0.480 e. The SMILES string of the molecule is CCCCCCCCCCCCCCCC(=O)NCC(=O)N[C@H](C(=O)N[C@@H](CCC(N)=O)C(=O)N[C@@H](Cc1c[nH]cn1)C(=O)O)[C@@H](C)O. The normalized spacial score (nSPS) is 13.5. The number of hydrogen-bond donors (Lipinski definition) is 8. The minimum atomic E-state index is -1.52. The molecule has 4 atom stereocenters. The van der Waals surface area contributed by atoms with Gasteiger partial charge in [0.2, 0.25) is 29.5 Å². The Bertz CT molecular complexity index is 1110. The van der Waals surface area contributed by atoms with Crippen LogP contribution in [0.15, 0.2) is 12.5 Å². The predicted molar refractivity (Wildman–Crippen MR) is 179 cm³/mol. The van der Waals surface area contributed by atoms with Crippen molar-refractivity contribution in [3.8, 4) is 0 Å². The first-order chi connectivity index (χ1) is 22.9. The van der Waals surface area contributed by atoms with Crippen molar-refractivity contribution in [2.75, 3.05) is 6.54 Å². The van der Waals surface area contributed by atoms with Crippen molar-refractivity contribution in [3.63, 3.8) is 0 Å². The summed E-state index contributed by atoms with van der Waals surface area (Å²) in [5.41, 5.74) is 5.58. The lowest BCUT2D eigenvalue weighted by atomic mass is 10.0. The minimum absolute atomic E-state index is 0.154. The number of carbonyl (C=O) groups is 6. The van der Waals surface area contributed by atoms with Crippen LogP contribution in [0, 0.1) is 0 Å². The molecule has 0 radical (unpaired) electrons. The standard InChI is InChI=1S/C33H57N7O8/c1-3-4-5-6-7-8-9-10-11-12-13-14-15-16-28(43)36-21-29(44)40-30(23(2)41)32(46)38-25(17-18-27(34)42)31(45)39-26(33(47)48)19-24-20-35-22-37-24/h20,22-23,25-26,30,41H,3-19,21H2,1-2H3,(H2,34,42)(H,35,37)(H,36,43)(H,38,46)(H,39,45)(H,40,44)(H,47,48)/t23-,25+,26+,30+/m1/s1. The van der Waals surface area contributed by atoms with E-state index in [9.17, 15) is 39.0 Å². The maximum Gasteiger partial charge on any atom is 0.326 e. The molecule has 0 fully saturated rings. The third-order valence-corrected chi connectivity index (χ3v) is 7.93. The molecule has 0 bridgehead atoms. The number of aliphatic hydroxyl groups is 1. The molecule has 1 aromatic rings. The Balaban J connectivity index is 2.48. The highest BCUT2D eigenvalue weighted by Gasteiger charge is 2.32. The van der Waals surface area contributed by atoms with Gasteiger partial charge >= 0.3 is 5.97 Å². The molecule has 15 heteroatoms. The third kappa shape index (κ3) is 19.6. The summed E-state index contributed by atoms with van der Waals surface area (Å²) in [6.07, 6.45) is 16.4. The topological polar surface area (TPSA) is 246 Å². The fraction of sp³-hybridized carbons (Fsp3) is 0.727. The number of nitrogens with one attached hydrogen (secondary N) is 5. The first-order valence-corrected chi connectivity index (χ1v) is 17.3. The number of nitrogens with two attached hydrogens (primary N) is 1. The number of aromatic amines is 1. The van der Waals surface area contributed by atoms with Crippen molar-refractivity contribution in [3.05, 3.63) is 18.2 Å². The zero-order valence-electron chi connectivity index (χ0n) is 28.6. The highest BCUT2D eigenvalue weighted by Crippen LogP contribution is 2.13. The summed E-state index contributed by atoms with van der Waals surface area (Å²) in [5, 5.41) is 29.3. The molecule has 0 aliphatic heterocycles. The Kier molecular flexibility index (Phi) is 21.9. The van der Waals surface area contributed by atoms with Crippen LogP contribution in [0.3, 0.4) is 0 Å². The number of carbonyl (C=O) groups excluding carboxylic acids is 5. The maximum atomic E-state index is 13.0. The van der Waals surface area contributed by atoms with E-state index in [0.717, 1.165) is 19.3 Å². The van der Waals surface area contributed by atoms with Crippen LogP contribution in [-0.4, -0.2) is 86.5 Å². The van der Waals surface area contributed by atoms with Gasteiger partial charge in [-0.15, -0.1) is 0 Å². The number of amides is 5. The molecule has 48 heavy (non-hydrogen) atoms. The number of aliphatic hydroxyl groups excluding tert-OH is 1. The van der Waals surface area contributed by atoms with Gasteiger partial charge in [0.05, 0.1) is 24.7 Å². The number of aliphatic carboxylic acids is 1. The van der Waals surface area contributed by atoms with E-state index < -0.39 is 60.4 Å². The summed E-state index contributed by atoms with van der Waals surface area (Å²) in [4.78, 5) is 80.6. The number of nitrogens with zero attached hydrogens (tertiary/aromatic N) is 1. The van der Waals surface area contributed by atoms with Crippen LogP contribution in [0.5, 0.6) is 0 Å². The summed E-state index contributed by atoms with van der Waals surface area (Å²) in [6, 6.07) is -4.33. The van der Waals surface area contributed by atoms with Gasteiger partial charge in [-0.2, -0.15) is 0 Å². The van der Waals surface area contributed by atoms with Gasteiger partial charge in [-0.25, -0.2) is 9.78 Å². The molecular weight excluding hydrogens is 622 g/mol. The molecule has 0 aromatic carbocycles. The van der Waals surface area contributed by atoms with E-state index in [0.29, 0.717) is 12.1 Å². The van der Waals surface area contributed by atoms with Crippen LogP contribution in [0.25, 0.3) is 0 Å². The Morgan fingerprint density at radius 2 is 1.35 bits per heavy atom. The highest BCUT2D eigenvalue weighted by molar-refractivity contribution is 5.94. The van der Waals surface area contributed by atoms with Gasteiger partial charge in [-0.3, -0.25) is 24.0 Å². The van der Waals surface area contributed by atoms with Crippen LogP contribution in [0.2, 0.25) is 0 Å². The summed E-state index contributed by atoms with van der Waals surface area (Å²) in [5.74, 6) is -5.03. The van der Waals surface area contributed by atoms with E-state index in [4.69, 9.17) is 5.73 Å². The molecule has 1 heterocycles. The van der Waals surface area contributed by atoms with Crippen molar-refractivity contribution in [2.45, 2.75) is 147 Å². The molecule has 0 spiro atoms. The lowest BCUT2D eigenvalue weighted by molar-refractivity contribution is -0.142. The molecule has 15 nitrogen and oxygen atoms in total. The molecular formula is C33H57N7O8.